The van der Waals surface area contributed by atoms with Crippen molar-refractivity contribution >= 4 is 0 Å². The predicted octanol–water partition coefficient (Wildman–Crippen LogP) is 2.57. The number of hydrogen-bond donors (Lipinski definition) is 1. The van der Waals surface area contributed by atoms with Gasteiger partial charge in [0.1, 0.15) is 0 Å². The molecule has 1 saturated heterocycles. The first-order valence-corrected chi connectivity index (χ1v) is 9.02. The second-order valence-electron chi connectivity index (χ2n) is 6.57. The molecule has 1 aliphatic carbocycles. The Hall–Kier alpha value is -0.120. The van der Waals surface area contributed by atoms with Crippen molar-refractivity contribution in [2.45, 2.75) is 58.4 Å². The summed E-state index contributed by atoms with van der Waals surface area (Å²) in [6.45, 7) is 13.0. The van der Waals surface area contributed by atoms with Gasteiger partial charge in [-0.2, -0.15) is 0 Å². The molecule has 0 amide bonds. The van der Waals surface area contributed by atoms with E-state index in [0.717, 1.165) is 18.5 Å². The Morgan fingerprint density at radius 2 is 1.75 bits per heavy atom. The van der Waals surface area contributed by atoms with Gasteiger partial charge in [0.05, 0.1) is 0 Å². The summed E-state index contributed by atoms with van der Waals surface area (Å²) < 4.78 is 0. The lowest BCUT2D eigenvalue weighted by Crippen LogP contribution is -2.49. The van der Waals surface area contributed by atoms with Crippen LogP contribution in [0.2, 0.25) is 0 Å². The number of likely N-dealkylation sites (tertiary alicyclic amines) is 1. The molecule has 2 unspecified atom stereocenters. The molecule has 0 spiro atoms. The predicted molar refractivity (Wildman–Crippen MR) is 87.2 cm³/mol. The van der Waals surface area contributed by atoms with E-state index >= 15 is 0 Å². The molecule has 0 radical (unpaired) electrons. The third-order valence-corrected chi connectivity index (χ3v) is 5.43. The molecule has 3 heteroatoms. The largest absolute Gasteiger partial charge is 0.314 e. The maximum Gasteiger partial charge on any atom is 0.0124 e. The number of likely N-dealkylation sites (N-methyl/N-ethyl adjacent to an activating group) is 1. The molecule has 0 bridgehead atoms. The van der Waals surface area contributed by atoms with Gasteiger partial charge in [0.15, 0.2) is 0 Å². The smallest absolute Gasteiger partial charge is 0.0124 e. The van der Waals surface area contributed by atoms with Crippen LogP contribution in [0.4, 0.5) is 0 Å². The van der Waals surface area contributed by atoms with Crippen molar-refractivity contribution in [1.82, 2.24) is 15.1 Å². The Labute approximate surface area is 126 Å². The summed E-state index contributed by atoms with van der Waals surface area (Å²) in [5, 5.41) is 3.64. The molecule has 1 saturated carbocycles. The van der Waals surface area contributed by atoms with E-state index in [9.17, 15) is 0 Å². The molecule has 20 heavy (non-hydrogen) atoms. The monoisotopic (exact) mass is 281 g/mol. The molecule has 0 aromatic carbocycles. The van der Waals surface area contributed by atoms with E-state index in [4.69, 9.17) is 0 Å². The molecule has 3 nitrogen and oxygen atoms in total. The van der Waals surface area contributed by atoms with Crippen LogP contribution in [0.15, 0.2) is 0 Å². The maximum atomic E-state index is 3.64. The summed E-state index contributed by atoms with van der Waals surface area (Å²) in [5.41, 5.74) is 0. The zero-order valence-corrected chi connectivity index (χ0v) is 13.7. The van der Waals surface area contributed by atoms with Gasteiger partial charge in [-0.15, -0.1) is 0 Å². The number of nitrogens with one attached hydrogen (secondary N) is 1. The fraction of sp³-hybridized carbons (Fsp3) is 1.00. The van der Waals surface area contributed by atoms with Crippen LogP contribution in [0.1, 0.15) is 52.4 Å². The van der Waals surface area contributed by atoms with E-state index in [1.807, 2.05) is 0 Å². The van der Waals surface area contributed by atoms with Gasteiger partial charge >= 0.3 is 0 Å². The highest BCUT2D eigenvalue weighted by Crippen LogP contribution is 2.34. The van der Waals surface area contributed by atoms with Gasteiger partial charge in [-0.25, -0.2) is 0 Å². The summed E-state index contributed by atoms with van der Waals surface area (Å²) in [5.74, 6) is 1.02. The third-order valence-electron chi connectivity index (χ3n) is 5.43. The average Bonchev–Trinajstić information content (AvgIpc) is 2.51. The van der Waals surface area contributed by atoms with Crippen molar-refractivity contribution in [3.05, 3.63) is 0 Å². The summed E-state index contributed by atoms with van der Waals surface area (Å²) in [6, 6.07) is 0.919. The summed E-state index contributed by atoms with van der Waals surface area (Å²) in [6.07, 6.45) is 8.84. The van der Waals surface area contributed by atoms with Gasteiger partial charge in [-0.05, 0) is 51.2 Å². The quantitative estimate of drug-likeness (QED) is 0.690. The summed E-state index contributed by atoms with van der Waals surface area (Å²) in [4.78, 5) is 5.28. The molecule has 118 valence electrons. The molecule has 2 atom stereocenters. The SMILES string of the molecule is CCN(CC)CCNCCN1CCCC2CCCCC21. The van der Waals surface area contributed by atoms with Gasteiger partial charge < -0.3 is 10.2 Å². The van der Waals surface area contributed by atoms with Gasteiger partial charge in [-0.3, -0.25) is 4.90 Å². The fourth-order valence-electron chi connectivity index (χ4n) is 4.13. The van der Waals surface area contributed by atoms with E-state index in [0.29, 0.717) is 0 Å². The Morgan fingerprint density at radius 3 is 2.55 bits per heavy atom. The second-order valence-corrected chi connectivity index (χ2v) is 6.57. The zero-order valence-electron chi connectivity index (χ0n) is 13.7. The van der Waals surface area contributed by atoms with Crippen LogP contribution >= 0.6 is 0 Å². The summed E-state index contributed by atoms with van der Waals surface area (Å²) in [7, 11) is 0. The first kappa shape index (κ1) is 16.3. The molecule has 0 aromatic heterocycles. The number of piperidine rings is 1. The van der Waals surface area contributed by atoms with Crippen LogP contribution in [0.3, 0.4) is 0 Å². The number of fused-ring (bicyclic) bond motifs is 1. The minimum absolute atomic E-state index is 0.919. The molecule has 0 aromatic rings. The lowest BCUT2D eigenvalue weighted by molar-refractivity contribution is 0.0618. The Balaban J connectivity index is 1.61. The fourth-order valence-corrected chi connectivity index (χ4v) is 4.13. The van der Waals surface area contributed by atoms with Crippen molar-refractivity contribution in [2.75, 3.05) is 45.8 Å². The van der Waals surface area contributed by atoms with Gasteiger partial charge in [0.25, 0.3) is 0 Å². The Morgan fingerprint density at radius 1 is 1.00 bits per heavy atom. The van der Waals surface area contributed by atoms with Crippen LogP contribution < -0.4 is 5.32 Å². The highest BCUT2D eigenvalue weighted by molar-refractivity contribution is 4.87. The molecular weight excluding hydrogens is 246 g/mol. The highest BCUT2D eigenvalue weighted by Gasteiger charge is 2.32. The van der Waals surface area contributed by atoms with Crippen LogP contribution in [-0.2, 0) is 0 Å². The molecule has 1 aliphatic heterocycles. The number of rotatable bonds is 8. The van der Waals surface area contributed by atoms with Crippen molar-refractivity contribution < 1.29 is 0 Å². The molecule has 1 heterocycles. The van der Waals surface area contributed by atoms with Crippen molar-refractivity contribution in [2.24, 2.45) is 5.92 Å². The van der Waals surface area contributed by atoms with Gasteiger partial charge in [-0.1, -0.05) is 26.7 Å². The second kappa shape index (κ2) is 9.01. The van der Waals surface area contributed by atoms with E-state index in [2.05, 4.69) is 29.0 Å². The maximum absolute atomic E-state index is 3.64. The molecule has 2 fully saturated rings. The summed E-state index contributed by atoms with van der Waals surface area (Å²) >= 11 is 0. The number of hydrogen-bond acceptors (Lipinski definition) is 3. The van der Waals surface area contributed by atoms with E-state index < -0.39 is 0 Å². The van der Waals surface area contributed by atoms with Crippen molar-refractivity contribution in [1.29, 1.82) is 0 Å². The normalized spacial score (nSPS) is 27.8. The lowest BCUT2D eigenvalue weighted by atomic mass is 9.78. The minimum atomic E-state index is 0.919. The van der Waals surface area contributed by atoms with E-state index in [-0.39, 0.29) is 0 Å². The van der Waals surface area contributed by atoms with Crippen LogP contribution in [-0.4, -0.2) is 61.7 Å². The zero-order chi connectivity index (χ0) is 14.2. The van der Waals surface area contributed by atoms with E-state index in [1.165, 1.54) is 77.8 Å². The molecule has 2 aliphatic rings. The molecule has 1 N–H and O–H groups in total. The van der Waals surface area contributed by atoms with Gasteiger partial charge in [0, 0.05) is 32.2 Å². The first-order chi connectivity index (χ1) is 9.85. The van der Waals surface area contributed by atoms with Crippen LogP contribution in [0, 0.1) is 5.92 Å². The highest BCUT2D eigenvalue weighted by atomic mass is 15.2. The Kier molecular flexibility index (Phi) is 7.32. The third kappa shape index (κ3) is 4.71. The van der Waals surface area contributed by atoms with Crippen LogP contribution in [0.25, 0.3) is 0 Å². The molecular formula is C17H35N3. The molecule has 2 rings (SSSR count). The average molecular weight is 281 g/mol. The standard InChI is InChI=1S/C17H35N3/c1-3-19(4-2)14-11-18-12-15-20-13-7-9-16-8-5-6-10-17(16)20/h16-18H,3-15H2,1-2H3. The lowest BCUT2D eigenvalue weighted by Gasteiger charge is -2.44. The van der Waals surface area contributed by atoms with Crippen molar-refractivity contribution in [3.63, 3.8) is 0 Å². The topological polar surface area (TPSA) is 18.5 Å². The van der Waals surface area contributed by atoms with Crippen molar-refractivity contribution in [3.8, 4) is 0 Å². The number of nitrogens with zero attached hydrogens (tertiary/aromatic N) is 2. The van der Waals surface area contributed by atoms with E-state index in [1.54, 1.807) is 0 Å². The van der Waals surface area contributed by atoms with Gasteiger partial charge in [0.2, 0.25) is 0 Å². The minimum Gasteiger partial charge on any atom is -0.314 e. The first-order valence-electron chi connectivity index (χ1n) is 9.02. The van der Waals surface area contributed by atoms with Crippen LogP contribution in [0.5, 0.6) is 0 Å². The Bertz CT molecular complexity index is 251.